The van der Waals surface area contributed by atoms with Gasteiger partial charge in [-0.2, -0.15) is 5.26 Å². The van der Waals surface area contributed by atoms with Crippen molar-refractivity contribution in [1.82, 2.24) is 4.57 Å². The minimum atomic E-state index is 0.0973. The maximum absolute atomic E-state index is 12.0. The molecule has 0 radical (unpaired) electrons. The van der Waals surface area contributed by atoms with E-state index in [1.165, 1.54) is 0 Å². The van der Waals surface area contributed by atoms with Crippen LogP contribution >= 0.6 is 15.9 Å². The molecule has 3 rings (SSSR count). The van der Waals surface area contributed by atoms with Gasteiger partial charge in [0.2, 0.25) is 5.91 Å². The molecule has 1 aromatic carbocycles. The first-order chi connectivity index (χ1) is 8.20. The fourth-order valence-corrected chi connectivity index (χ4v) is 2.93. The number of benzene rings is 1. The third-order valence-electron chi connectivity index (χ3n) is 3.13. The van der Waals surface area contributed by atoms with Crippen LogP contribution in [-0.4, -0.2) is 10.5 Å². The van der Waals surface area contributed by atoms with Gasteiger partial charge in [-0.3, -0.25) is 9.36 Å². The number of rotatable bonds is 0. The molecule has 0 saturated heterocycles. The van der Waals surface area contributed by atoms with Crippen LogP contribution in [0, 0.1) is 11.3 Å². The zero-order valence-electron chi connectivity index (χ0n) is 9.03. The molecule has 0 aliphatic carbocycles. The third-order valence-corrected chi connectivity index (χ3v) is 3.59. The fraction of sp³-hybridized carbons (Fsp3) is 0.231. The Morgan fingerprint density at radius 2 is 2.12 bits per heavy atom. The number of carbonyl (C=O) groups is 1. The molecule has 0 atom stereocenters. The van der Waals surface area contributed by atoms with Gasteiger partial charge in [0.05, 0.1) is 11.1 Å². The van der Waals surface area contributed by atoms with Crippen molar-refractivity contribution in [2.75, 3.05) is 0 Å². The summed E-state index contributed by atoms with van der Waals surface area (Å²) in [6.45, 7) is 0. The maximum atomic E-state index is 12.0. The number of nitriles is 1. The lowest BCUT2D eigenvalue weighted by Crippen LogP contribution is -2.18. The van der Waals surface area contributed by atoms with Crippen LogP contribution in [0.5, 0.6) is 0 Å². The van der Waals surface area contributed by atoms with Gasteiger partial charge in [0.15, 0.2) is 0 Å². The van der Waals surface area contributed by atoms with E-state index in [2.05, 4.69) is 22.0 Å². The van der Waals surface area contributed by atoms with Gasteiger partial charge in [-0.1, -0.05) is 15.9 Å². The lowest BCUT2D eigenvalue weighted by Gasteiger charge is -2.14. The summed E-state index contributed by atoms with van der Waals surface area (Å²) in [6.07, 6.45) is 2.37. The van der Waals surface area contributed by atoms with Crippen molar-refractivity contribution in [3.05, 3.63) is 33.9 Å². The average Bonchev–Trinajstić information content (AvgIpc) is 2.67. The van der Waals surface area contributed by atoms with Crippen LogP contribution in [0.25, 0.3) is 10.9 Å². The van der Waals surface area contributed by atoms with Crippen molar-refractivity contribution in [1.29, 1.82) is 5.26 Å². The second-order valence-corrected chi connectivity index (χ2v) is 5.14. The van der Waals surface area contributed by atoms with Crippen LogP contribution in [0.1, 0.15) is 28.9 Å². The van der Waals surface area contributed by atoms with Gasteiger partial charge in [0.25, 0.3) is 0 Å². The van der Waals surface area contributed by atoms with Crippen molar-refractivity contribution in [2.24, 2.45) is 0 Å². The number of halogens is 1. The van der Waals surface area contributed by atoms with Crippen molar-refractivity contribution < 1.29 is 4.79 Å². The second-order valence-electron chi connectivity index (χ2n) is 4.22. The molecule has 0 bridgehead atoms. The summed E-state index contributed by atoms with van der Waals surface area (Å²) in [5.41, 5.74) is 2.33. The van der Waals surface area contributed by atoms with E-state index in [0.717, 1.165) is 33.9 Å². The molecule has 0 amide bonds. The van der Waals surface area contributed by atoms with E-state index in [-0.39, 0.29) is 5.91 Å². The van der Waals surface area contributed by atoms with E-state index < -0.39 is 0 Å². The average molecular weight is 289 g/mol. The standard InChI is InChI=1S/C13H9BrN2O/c14-10-4-8-6-11-2-1-3-12(17)16(11)13(8)9(5-10)7-15/h4-6H,1-3H2. The number of aryl methyl sites for hydroxylation is 1. The van der Waals surface area contributed by atoms with Gasteiger partial charge in [-0.15, -0.1) is 0 Å². The van der Waals surface area contributed by atoms with Crippen molar-refractivity contribution >= 4 is 32.7 Å². The Labute approximate surface area is 107 Å². The third kappa shape index (κ3) is 1.50. The van der Waals surface area contributed by atoms with Gasteiger partial charge in [0.1, 0.15) is 6.07 Å². The summed E-state index contributed by atoms with van der Waals surface area (Å²) in [5, 5.41) is 10.1. The molecule has 3 nitrogen and oxygen atoms in total. The number of aromatic nitrogens is 1. The highest BCUT2D eigenvalue weighted by Gasteiger charge is 2.21. The number of carbonyl (C=O) groups excluding carboxylic acids is 1. The monoisotopic (exact) mass is 288 g/mol. The van der Waals surface area contributed by atoms with Gasteiger partial charge >= 0.3 is 0 Å². The Balaban J connectivity index is 2.45. The highest BCUT2D eigenvalue weighted by atomic mass is 79.9. The summed E-state index contributed by atoms with van der Waals surface area (Å²) in [6, 6.07) is 7.89. The van der Waals surface area contributed by atoms with Gasteiger partial charge in [-0.05, 0) is 31.0 Å². The van der Waals surface area contributed by atoms with E-state index in [1.807, 2.05) is 12.1 Å². The van der Waals surface area contributed by atoms with Crippen LogP contribution in [0.15, 0.2) is 22.7 Å². The van der Waals surface area contributed by atoms with E-state index >= 15 is 0 Å². The first kappa shape index (κ1) is 10.5. The molecule has 0 spiro atoms. The molecule has 1 aliphatic rings. The van der Waals surface area contributed by atoms with E-state index in [4.69, 9.17) is 0 Å². The zero-order chi connectivity index (χ0) is 12.0. The largest absolute Gasteiger partial charge is 0.283 e. The van der Waals surface area contributed by atoms with Crippen molar-refractivity contribution in [3.63, 3.8) is 0 Å². The van der Waals surface area contributed by atoms with Crippen LogP contribution < -0.4 is 0 Å². The van der Waals surface area contributed by atoms with Crippen LogP contribution in [0.2, 0.25) is 0 Å². The Morgan fingerprint density at radius 1 is 1.29 bits per heavy atom. The predicted octanol–water partition coefficient (Wildman–Crippen LogP) is 3.25. The van der Waals surface area contributed by atoms with Gasteiger partial charge in [-0.25, -0.2) is 0 Å². The molecule has 0 N–H and O–H groups in total. The first-order valence-electron chi connectivity index (χ1n) is 5.48. The fourth-order valence-electron chi connectivity index (χ4n) is 2.45. The normalized spacial score (nSPS) is 14.7. The smallest absolute Gasteiger partial charge is 0.231 e. The summed E-state index contributed by atoms with van der Waals surface area (Å²) >= 11 is 3.39. The second kappa shape index (κ2) is 3.71. The molecule has 0 fully saturated rings. The highest BCUT2D eigenvalue weighted by molar-refractivity contribution is 9.10. The summed E-state index contributed by atoms with van der Waals surface area (Å²) in [4.78, 5) is 12.0. The molecule has 0 unspecified atom stereocenters. The molecule has 2 heterocycles. The number of fused-ring (bicyclic) bond motifs is 3. The minimum Gasteiger partial charge on any atom is -0.283 e. The predicted molar refractivity (Wildman–Crippen MR) is 67.9 cm³/mol. The SMILES string of the molecule is N#Cc1cc(Br)cc2cc3n(c12)C(=O)CCC3. The van der Waals surface area contributed by atoms with Crippen LogP contribution in [0.3, 0.4) is 0 Å². The summed E-state index contributed by atoms with van der Waals surface area (Å²) in [7, 11) is 0. The maximum Gasteiger partial charge on any atom is 0.231 e. The minimum absolute atomic E-state index is 0.0973. The Bertz CT molecular complexity index is 679. The molecular formula is C13H9BrN2O. The van der Waals surface area contributed by atoms with Gasteiger partial charge < -0.3 is 0 Å². The Morgan fingerprint density at radius 3 is 2.88 bits per heavy atom. The summed E-state index contributed by atoms with van der Waals surface area (Å²) in [5.74, 6) is 0.0973. The highest BCUT2D eigenvalue weighted by Crippen LogP contribution is 2.30. The lowest BCUT2D eigenvalue weighted by atomic mass is 10.1. The molecule has 1 aliphatic heterocycles. The van der Waals surface area contributed by atoms with Crippen molar-refractivity contribution in [3.8, 4) is 6.07 Å². The molecular weight excluding hydrogens is 280 g/mol. The quantitative estimate of drug-likeness (QED) is 0.747. The molecule has 4 heteroatoms. The molecule has 1 aromatic heterocycles. The molecule has 84 valence electrons. The Kier molecular flexibility index (Phi) is 2.30. The molecule has 17 heavy (non-hydrogen) atoms. The summed E-state index contributed by atoms with van der Waals surface area (Å²) < 4.78 is 2.58. The van der Waals surface area contributed by atoms with Crippen LogP contribution in [0.4, 0.5) is 0 Å². The van der Waals surface area contributed by atoms with E-state index in [0.29, 0.717) is 12.0 Å². The first-order valence-corrected chi connectivity index (χ1v) is 6.27. The van der Waals surface area contributed by atoms with E-state index in [1.54, 1.807) is 10.6 Å². The molecule has 2 aromatic rings. The van der Waals surface area contributed by atoms with Gasteiger partial charge in [0, 0.05) is 22.0 Å². The number of nitrogens with zero attached hydrogens (tertiary/aromatic N) is 2. The van der Waals surface area contributed by atoms with E-state index in [9.17, 15) is 10.1 Å². The van der Waals surface area contributed by atoms with Crippen LogP contribution in [-0.2, 0) is 6.42 Å². The number of hydrogen-bond acceptors (Lipinski definition) is 2. The topological polar surface area (TPSA) is 45.8 Å². The van der Waals surface area contributed by atoms with Crippen molar-refractivity contribution in [2.45, 2.75) is 19.3 Å². The Hall–Kier alpha value is -1.60. The number of hydrogen-bond donors (Lipinski definition) is 0. The zero-order valence-corrected chi connectivity index (χ0v) is 10.6. The lowest BCUT2D eigenvalue weighted by molar-refractivity contribution is 0.0889. The molecule has 0 saturated carbocycles.